The van der Waals surface area contributed by atoms with Crippen molar-refractivity contribution in [2.75, 3.05) is 11.5 Å². The lowest BCUT2D eigenvalue weighted by Gasteiger charge is -1.96. The van der Waals surface area contributed by atoms with Crippen molar-refractivity contribution >= 4 is 39.9 Å². The molecule has 0 aliphatic rings. The van der Waals surface area contributed by atoms with Gasteiger partial charge in [-0.25, -0.2) is 0 Å². The lowest BCUT2D eigenvalue weighted by molar-refractivity contribution is 0.501. The second-order valence-corrected chi connectivity index (χ2v) is 8.79. The van der Waals surface area contributed by atoms with Crippen molar-refractivity contribution in [3.05, 3.63) is 0 Å². The van der Waals surface area contributed by atoms with E-state index < -0.39 is 18.3 Å². The first kappa shape index (κ1) is 13.5. The van der Waals surface area contributed by atoms with Crippen molar-refractivity contribution in [1.29, 1.82) is 0 Å². The maximum absolute atomic E-state index is 10.1. The van der Waals surface area contributed by atoms with Crippen LogP contribution in [-0.4, -0.2) is 37.4 Å². The van der Waals surface area contributed by atoms with Gasteiger partial charge in [0.25, 0.3) is 0 Å². The number of hydrogen-bond donors (Lipinski definition) is 2. The third-order valence-electron chi connectivity index (χ3n) is 0.753. The quantitative estimate of drug-likeness (QED) is 0.406. The molecule has 0 rings (SSSR count). The van der Waals surface area contributed by atoms with E-state index in [-0.39, 0.29) is 17.9 Å². The monoisotopic (exact) mass is 268 g/mol. The highest BCUT2D eigenvalue weighted by atomic mass is 33.2. The Bertz CT molecular complexity index is 293. The molecule has 0 aliphatic heterocycles. The molecule has 0 aromatic rings. The second-order valence-electron chi connectivity index (χ2n) is 1.85. The van der Waals surface area contributed by atoms with E-state index in [1.165, 1.54) is 0 Å². The topological polar surface area (TPSA) is 109 Å². The molecule has 0 saturated carbocycles. The lowest BCUT2D eigenvalue weighted by Crippen LogP contribution is -1.95. The lowest BCUT2D eigenvalue weighted by atomic mass is 10.6. The van der Waals surface area contributed by atoms with Gasteiger partial charge in [0.2, 0.25) is 0 Å². The summed E-state index contributed by atoms with van der Waals surface area (Å²) in [5, 5.41) is 0. The number of hydrogen-bond acceptors (Lipinski definition) is 6. The fourth-order valence-electron chi connectivity index (χ4n) is 0.387. The predicted octanol–water partition coefficient (Wildman–Crippen LogP) is 0.449. The SMILES string of the molecule is O=S(=O)(O)SCCCSS(=O)(=O)O. The smallest absolute Gasteiger partial charge is 0.277 e. The van der Waals surface area contributed by atoms with Gasteiger partial charge in [0.1, 0.15) is 0 Å². The summed E-state index contributed by atoms with van der Waals surface area (Å²) in [6.45, 7) is 0. The van der Waals surface area contributed by atoms with Crippen LogP contribution in [-0.2, 0) is 18.3 Å². The molecule has 6 nitrogen and oxygen atoms in total. The van der Waals surface area contributed by atoms with Crippen molar-refractivity contribution in [2.24, 2.45) is 0 Å². The summed E-state index contributed by atoms with van der Waals surface area (Å²) in [6, 6.07) is 0. The fourth-order valence-corrected chi connectivity index (χ4v) is 3.49. The van der Waals surface area contributed by atoms with Gasteiger partial charge in [-0.1, -0.05) is 0 Å². The first-order chi connectivity index (χ1) is 5.71. The van der Waals surface area contributed by atoms with Gasteiger partial charge in [-0.15, -0.1) is 0 Å². The van der Waals surface area contributed by atoms with E-state index in [1.807, 2.05) is 0 Å². The van der Waals surface area contributed by atoms with Gasteiger partial charge in [0.05, 0.1) is 0 Å². The molecule has 2 N–H and O–H groups in total. The molecule has 0 saturated heterocycles. The van der Waals surface area contributed by atoms with Crippen LogP contribution in [0.25, 0.3) is 0 Å². The Morgan fingerprint density at radius 2 is 1.15 bits per heavy atom. The molecule has 0 aliphatic carbocycles. The van der Waals surface area contributed by atoms with Crippen molar-refractivity contribution < 1.29 is 25.9 Å². The summed E-state index contributed by atoms with van der Waals surface area (Å²) in [6.07, 6.45) is 0.259. The van der Waals surface area contributed by atoms with E-state index in [2.05, 4.69) is 0 Å². The van der Waals surface area contributed by atoms with Crippen LogP contribution in [0.2, 0.25) is 0 Å². The zero-order chi connectivity index (χ0) is 10.5. The largest absolute Gasteiger partial charge is 0.319 e. The molecule has 0 unspecified atom stereocenters. The normalized spacial score (nSPS) is 13.1. The maximum Gasteiger partial charge on any atom is 0.319 e. The second kappa shape index (κ2) is 5.41. The Morgan fingerprint density at radius 3 is 1.38 bits per heavy atom. The zero-order valence-corrected chi connectivity index (χ0v) is 9.55. The van der Waals surface area contributed by atoms with Gasteiger partial charge in [-0.2, -0.15) is 16.8 Å². The van der Waals surface area contributed by atoms with Gasteiger partial charge in [0, 0.05) is 11.5 Å². The highest BCUT2D eigenvalue weighted by Crippen LogP contribution is 2.15. The van der Waals surface area contributed by atoms with E-state index in [0.29, 0.717) is 21.6 Å². The van der Waals surface area contributed by atoms with Gasteiger partial charge in [-0.05, 0) is 28.0 Å². The van der Waals surface area contributed by atoms with Crippen LogP contribution in [0.1, 0.15) is 6.42 Å². The highest BCUT2D eigenvalue weighted by molar-refractivity contribution is 8.70. The first-order valence-electron chi connectivity index (χ1n) is 2.94. The zero-order valence-electron chi connectivity index (χ0n) is 6.28. The molecule has 0 radical (unpaired) electrons. The molecule has 0 amide bonds. The Hall–Kier alpha value is 0.520. The predicted molar refractivity (Wildman–Crippen MR) is 52.6 cm³/mol. The van der Waals surface area contributed by atoms with Crippen molar-refractivity contribution in [3.63, 3.8) is 0 Å². The summed E-state index contributed by atoms with van der Waals surface area (Å²) in [7, 11) is -7.44. The van der Waals surface area contributed by atoms with Crippen LogP contribution < -0.4 is 0 Å². The summed E-state index contributed by atoms with van der Waals surface area (Å²) >= 11 is 0. The summed E-state index contributed by atoms with van der Waals surface area (Å²) in [5.41, 5.74) is 0. The van der Waals surface area contributed by atoms with Crippen LogP contribution in [0.3, 0.4) is 0 Å². The third kappa shape index (κ3) is 12.5. The minimum atomic E-state index is -4.04. The van der Waals surface area contributed by atoms with Crippen LogP contribution in [0.4, 0.5) is 0 Å². The van der Waals surface area contributed by atoms with Gasteiger partial charge < -0.3 is 0 Å². The Balaban J connectivity index is 3.50. The van der Waals surface area contributed by atoms with Crippen LogP contribution in [0, 0.1) is 0 Å². The van der Waals surface area contributed by atoms with E-state index in [0.717, 1.165) is 0 Å². The van der Waals surface area contributed by atoms with Gasteiger partial charge in [0.15, 0.2) is 0 Å². The molecule has 10 heteroatoms. The molecule has 0 aromatic carbocycles. The molecule has 0 spiro atoms. The van der Waals surface area contributed by atoms with E-state index >= 15 is 0 Å². The summed E-state index contributed by atoms with van der Waals surface area (Å²) < 4.78 is 57.0. The highest BCUT2D eigenvalue weighted by Gasteiger charge is 2.07. The molecule has 0 fully saturated rings. The van der Waals surface area contributed by atoms with Gasteiger partial charge in [-0.3, -0.25) is 9.11 Å². The number of rotatable bonds is 6. The molecule has 0 bridgehead atoms. The van der Waals surface area contributed by atoms with Gasteiger partial charge >= 0.3 is 18.3 Å². The minimum Gasteiger partial charge on any atom is -0.277 e. The molecule has 13 heavy (non-hydrogen) atoms. The Labute approximate surface area is 83.8 Å². The molecule has 80 valence electrons. The molecular formula is C3H8O6S4. The first-order valence-corrected chi connectivity index (χ1v) is 8.83. The van der Waals surface area contributed by atoms with E-state index in [4.69, 9.17) is 9.11 Å². The van der Waals surface area contributed by atoms with Crippen molar-refractivity contribution in [1.82, 2.24) is 0 Å². The van der Waals surface area contributed by atoms with Crippen LogP contribution >= 0.6 is 21.6 Å². The molecule has 0 heterocycles. The Morgan fingerprint density at radius 1 is 0.846 bits per heavy atom. The summed E-state index contributed by atoms with van der Waals surface area (Å²) in [4.78, 5) is 0. The minimum absolute atomic E-state index is 0.0847. The molecular weight excluding hydrogens is 260 g/mol. The fraction of sp³-hybridized carbons (Fsp3) is 1.00. The molecule has 0 atom stereocenters. The van der Waals surface area contributed by atoms with Crippen molar-refractivity contribution in [2.45, 2.75) is 6.42 Å². The molecule has 0 aromatic heterocycles. The average Bonchev–Trinajstić information content (AvgIpc) is 1.81. The Kier molecular flexibility index (Phi) is 5.63. The van der Waals surface area contributed by atoms with E-state index in [1.54, 1.807) is 0 Å². The summed E-state index contributed by atoms with van der Waals surface area (Å²) in [5.74, 6) is 0.169. The van der Waals surface area contributed by atoms with Crippen LogP contribution in [0.15, 0.2) is 0 Å². The third-order valence-corrected chi connectivity index (χ3v) is 5.05. The van der Waals surface area contributed by atoms with Crippen molar-refractivity contribution in [3.8, 4) is 0 Å². The maximum atomic E-state index is 10.1. The van der Waals surface area contributed by atoms with Crippen LogP contribution in [0.5, 0.6) is 0 Å². The average molecular weight is 268 g/mol. The standard InChI is InChI=1S/C3H8O6S4/c4-12(5,6)10-2-1-3-11-13(7,8)9/h1-3H2,(H,4,5,6)(H,7,8,9). The van der Waals surface area contributed by atoms with E-state index in [9.17, 15) is 16.8 Å².